The largest absolute Gasteiger partial charge is 0.495 e. The van der Waals surface area contributed by atoms with Gasteiger partial charge in [-0.05, 0) is 35.9 Å². The molecule has 3 heterocycles. The van der Waals surface area contributed by atoms with Crippen LogP contribution >= 0.6 is 11.3 Å². The zero-order chi connectivity index (χ0) is 23.5. The highest BCUT2D eigenvalue weighted by molar-refractivity contribution is 7.17. The van der Waals surface area contributed by atoms with E-state index in [0.717, 1.165) is 17.9 Å². The molecule has 0 spiro atoms. The fourth-order valence-corrected chi connectivity index (χ4v) is 5.04. The highest BCUT2D eigenvalue weighted by Crippen LogP contribution is 2.28. The van der Waals surface area contributed by atoms with E-state index in [2.05, 4.69) is 18.7 Å². The highest BCUT2D eigenvalue weighted by Gasteiger charge is 2.24. The lowest BCUT2D eigenvalue weighted by Crippen LogP contribution is -2.50. The number of aromatic nitrogens is 2. The minimum Gasteiger partial charge on any atom is -0.495 e. The summed E-state index contributed by atoms with van der Waals surface area (Å²) in [5.74, 6) is 1.07. The monoisotopic (exact) mass is 470 g/mol. The number of benzene rings is 1. The van der Waals surface area contributed by atoms with E-state index in [-0.39, 0.29) is 18.0 Å². The number of fused-ring (bicyclic) bond motifs is 1. The van der Waals surface area contributed by atoms with Crippen molar-refractivity contribution in [3.63, 3.8) is 0 Å². The van der Waals surface area contributed by atoms with Gasteiger partial charge in [-0.15, -0.1) is 11.3 Å². The van der Waals surface area contributed by atoms with Crippen LogP contribution in [0.25, 0.3) is 10.2 Å². The van der Waals surface area contributed by atoms with Crippen LogP contribution in [0.4, 0.5) is 5.69 Å². The molecule has 0 radical (unpaired) electrons. The van der Waals surface area contributed by atoms with Crippen LogP contribution in [0, 0.1) is 5.92 Å². The first kappa shape index (κ1) is 23.1. The Hall–Kier alpha value is -3.07. The summed E-state index contributed by atoms with van der Waals surface area (Å²) in [7, 11) is 1.65. The third-order valence-electron chi connectivity index (χ3n) is 6.12. The molecule has 33 heavy (non-hydrogen) atoms. The van der Waals surface area contributed by atoms with E-state index in [4.69, 9.17) is 4.74 Å². The van der Waals surface area contributed by atoms with Crippen LogP contribution in [-0.2, 0) is 17.9 Å². The van der Waals surface area contributed by atoms with Crippen molar-refractivity contribution in [1.29, 1.82) is 0 Å². The van der Waals surface area contributed by atoms with Crippen molar-refractivity contribution in [2.75, 3.05) is 38.2 Å². The van der Waals surface area contributed by atoms with Gasteiger partial charge in [0.2, 0.25) is 5.91 Å². The summed E-state index contributed by atoms with van der Waals surface area (Å²) in [5.41, 5.74) is 0.879. The number of piperazine rings is 1. The molecule has 1 fully saturated rings. The maximum Gasteiger partial charge on any atom is 0.332 e. The third kappa shape index (κ3) is 4.68. The van der Waals surface area contributed by atoms with Crippen molar-refractivity contribution in [1.82, 2.24) is 14.0 Å². The van der Waals surface area contributed by atoms with Crippen molar-refractivity contribution >= 4 is 33.1 Å². The Morgan fingerprint density at radius 3 is 2.48 bits per heavy atom. The summed E-state index contributed by atoms with van der Waals surface area (Å²) < 4.78 is 8.73. The number of thiophene rings is 1. The first-order chi connectivity index (χ1) is 15.9. The molecule has 0 bridgehead atoms. The van der Waals surface area contributed by atoms with Gasteiger partial charge >= 0.3 is 5.69 Å². The number of carbonyl (C=O) groups is 1. The molecule has 0 unspecified atom stereocenters. The number of para-hydroxylation sites is 2. The number of carbonyl (C=O) groups excluding carboxylic acids is 1. The highest BCUT2D eigenvalue weighted by atomic mass is 32.1. The van der Waals surface area contributed by atoms with Gasteiger partial charge in [-0.25, -0.2) is 4.79 Å². The van der Waals surface area contributed by atoms with Crippen LogP contribution in [0.2, 0.25) is 0 Å². The topological polar surface area (TPSA) is 76.8 Å². The van der Waals surface area contributed by atoms with E-state index in [9.17, 15) is 14.4 Å². The van der Waals surface area contributed by atoms with Gasteiger partial charge in [-0.1, -0.05) is 26.0 Å². The minimum absolute atomic E-state index is 0.0668. The number of nitrogens with zero attached hydrogens (tertiary/aromatic N) is 4. The van der Waals surface area contributed by atoms with Gasteiger partial charge in [0.15, 0.2) is 0 Å². The second-order valence-corrected chi connectivity index (χ2v) is 9.60. The van der Waals surface area contributed by atoms with Crippen molar-refractivity contribution in [2.45, 2.75) is 33.4 Å². The van der Waals surface area contributed by atoms with Crippen LogP contribution < -0.4 is 20.9 Å². The molecule has 1 amide bonds. The number of ether oxygens (including phenoxy) is 1. The lowest BCUT2D eigenvalue weighted by Gasteiger charge is -2.36. The molecule has 0 atom stereocenters. The molecule has 2 aromatic heterocycles. The summed E-state index contributed by atoms with van der Waals surface area (Å²) in [6, 6.07) is 9.61. The average molecular weight is 471 g/mol. The van der Waals surface area contributed by atoms with Crippen LogP contribution in [0.5, 0.6) is 5.75 Å². The summed E-state index contributed by atoms with van der Waals surface area (Å²) in [6.07, 6.45) is 0.727. The molecule has 3 aromatic rings. The van der Waals surface area contributed by atoms with Crippen molar-refractivity contribution in [3.8, 4) is 5.75 Å². The second kappa shape index (κ2) is 9.82. The fraction of sp³-hybridized carbons (Fsp3) is 0.458. The Balaban J connectivity index is 1.52. The van der Waals surface area contributed by atoms with E-state index < -0.39 is 5.69 Å². The summed E-state index contributed by atoms with van der Waals surface area (Å²) in [6.45, 7) is 6.89. The van der Waals surface area contributed by atoms with Crippen LogP contribution in [-0.4, -0.2) is 53.2 Å². The van der Waals surface area contributed by atoms with Crippen LogP contribution in [0.1, 0.15) is 20.3 Å². The number of hydrogen-bond donors (Lipinski definition) is 0. The van der Waals surface area contributed by atoms with Gasteiger partial charge in [-0.2, -0.15) is 0 Å². The Labute approximate surface area is 196 Å². The van der Waals surface area contributed by atoms with E-state index in [1.54, 1.807) is 23.5 Å². The SMILES string of the molecule is COc1ccccc1N1CCN(C(=O)Cn2c(=O)n(CCC(C)C)c(=O)c3sccc32)CC1. The second-order valence-electron chi connectivity index (χ2n) is 8.68. The Morgan fingerprint density at radius 1 is 1.06 bits per heavy atom. The predicted molar refractivity (Wildman–Crippen MR) is 132 cm³/mol. The van der Waals surface area contributed by atoms with Crippen LogP contribution in [0.3, 0.4) is 0 Å². The minimum atomic E-state index is -0.410. The molecule has 0 aliphatic carbocycles. The Kier molecular flexibility index (Phi) is 6.88. The maximum absolute atomic E-state index is 13.2. The first-order valence-corrected chi connectivity index (χ1v) is 12.1. The zero-order valence-electron chi connectivity index (χ0n) is 19.3. The quantitative estimate of drug-likeness (QED) is 0.531. The molecule has 1 saturated heterocycles. The molecule has 1 aliphatic heterocycles. The van der Waals surface area contributed by atoms with Crippen LogP contribution in [0.15, 0.2) is 45.3 Å². The number of methoxy groups -OCH3 is 1. The molecule has 8 nitrogen and oxygen atoms in total. The van der Waals surface area contributed by atoms with Crippen molar-refractivity contribution < 1.29 is 9.53 Å². The maximum atomic E-state index is 13.2. The van der Waals surface area contributed by atoms with E-state index >= 15 is 0 Å². The molecular weight excluding hydrogens is 440 g/mol. The lowest BCUT2D eigenvalue weighted by atomic mass is 10.1. The Morgan fingerprint density at radius 2 is 1.79 bits per heavy atom. The lowest BCUT2D eigenvalue weighted by molar-refractivity contribution is -0.132. The standard InChI is InChI=1S/C24H30N4O4S/c1-17(2)8-10-27-23(30)22-19(9-15-33-22)28(24(27)31)16-21(29)26-13-11-25(12-14-26)18-6-4-5-7-20(18)32-3/h4-7,9,15,17H,8,10-14,16H2,1-3H3. The molecule has 9 heteroatoms. The summed E-state index contributed by atoms with van der Waals surface area (Å²) in [4.78, 5) is 43.2. The number of rotatable bonds is 7. The summed E-state index contributed by atoms with van der Waals surface area (Å²) >= 11 is 1.31. The zero-order valence-corrected chi connectivity index (χ0v) is 20.1. The fourth-order valence-electron chi connectivity index (χ4n) is 4.19. The van der Waals surface area contributed by atoms with Crippen molar-refractivity contribution in [2.24, 2.45) is 5.92 Å². The molecule has 176 valence electrons. The van der Waals surface area contributed by atoms with E-state index in [1.165, 1.54) is 20.5 Å². The van der Waals surface area contributed by atoms with Gasteiger partial charge in [-0.3, -0.25) is 18.7 Å². The first-order valence-electron chi connectivity index (χ1n) is 11.3. The molecule has 4 rings (SSSR count). The van der Waals surface area contributed by atoms with Gasteiger partial charge in [0.25, 0.3) is 5.56 Å². The molecule has 1 aliphatic rings. The number of amides is 1. The molecule has 0 saturated carbocycles. The molecular formula is C24H30N4O4S. The van der Waals surface area contributed by atoms with Gasteiger partial charge in [0.1, 0.15) is 17.0 Å². The van der Waals surface area contributed by atoms with Gasteiger partial charge < -0.3 is 14.5 Å². The predicted octanol–water partition coefficient (Wildman–Crippen LogP) is 2.63. The molecule has 0 N–H and O–H groups in total. The van der Waals surface area contributed by atoms with E-state index in [1.807, 2.05) is 24.3 Å². The average Bonchev–Trinajstić information content (AvgIpc) is 3.31. The smallest absolute Gasteiger partial charge is 0.332 e. The summed E-state index contributed by atoms with van der Waals surface area (Å²) in [5, 5.41) is 1.80. The van der Waals surface area contributed by atoms with E-state index in [0.29, 0.717) is 48.9 Å². The Bertz CT molecular complexity index is 1250. The molecule has 1 aromatic carbocycles. The normalized spacial score (nSPS) is 14.3. The van der Waals surface area contributed by atoms with Gasteiger partial charge in [0.05, 0.1) is 18.3 Å². The number of anilines is 1. The third-order valence-corrected chi connectivity index (χ3v) is 7.01. The van der Waals surface area contributed by atoms with Crippen molar-refractivity contribution in [3.05, 3.63) is 56.5 Å². The number of hydrogen-bond acceptors (Lipinski definition) is 6. The van der Waals surface area contributed by atoms with Gasteiger partial charge in [0, 0.05) is 32.7 Å².